The average Bonchev–Trinajstić information content (AvgIpc) is 2.91. The number of carbonyl (C=O) groups is 2. The van der Waals surface area contributed by atoms with Crippen molar-refractivity contribution < 1.29 is 19.1 Å². The van der Waals surface area contributed by atoms with Crippen LogP contribution in [0, 0.1) is 6.92 Å². The Bertz CT molecular complexity index is 1130. The molecule has 0 spiro atoms. The standard InChI is InChI=1S/C31H36ClNO4/c1-4-5-28(24-10-12-26(13-11-24)31(35)33-19-18-30(34)36-3)29(25-14-16-27(32)17-15-25)21-37-20-23-8-6-22(2)7-9-23/h6-17,28-29H,4-5,18-21H2,1-3H3,(H,33,35). The molecule has 1 N–H and O–H groups in total. The largest absolute Gasteiger partial charge is 0.469 e. The zero-order valence-corrected chi connectivity index (χ0v) is 22.6. The fraction of sp³-hybridized carbons (Fsp3) is 0.355. The molecule has 1 amide bonds. The highest BCUT2D eigenvalue weighted by molar-refractivity contribution is 6.30. The second-order valence-electron chi connectivity index (χ2n) is 9.26. The normalized spacial score (nSPS) is 12.5. The summed E-state index contributed by atoms with van der Waals surface area (Å²) in [5.74, 6) is -0.225. The number of aryl methyl sites for hydroxylation is 1. The SMILES string of the molecule is CCCC(c1ccc(C(=O)NCCC(=O)OC)cc1)C(COCc1ccc(C)cc1)c1ccc(Cl)cc1. The summed E-state index contributed by atoms with van der Waals surface area (Å²) < 4.78 is 10.9. The summed E-state index contributed by atoms with van der Waals surface area (Å²) in [5, 5.41) is 3.47. The van der Waals surface area contributed by atoms with Gasteiger partial charge in [-0.3, -0.25) is 9.59 Å². The van der Waals surface area contributed by atoms with Crippen LogP contribution in [0.5, 0.6) is 0 Å². The van der Waals surface area contributed by atoms with Crippen LogP contribution in [0.3, 0.4) is 0 Å². The first kappa shape index (κ1) is 28.4. The van der Waals surface area contributed by atoms with E-state index in [9.17, 15) is 9.59 Å². The molecular weight excluding hydrogens is 486 g/mol. The van der Waals surface area contributed by atoms with Gasteiger partial charge in [0.05, 0.1) is 26.7 Å². The van der Waals surface area contributed by atoms with Gasteiger partial charge < -0.3 is 14.8 Å². The molecule has 5 nitrogen and oxygen atoms in total. The molecule has 0 heterocycles. The summed E-state index contributed by atoms with van der Waals surface area (Å²) in [6.07, 6.45) is 2.14. The molecule has 37 heavy (non-hydrogen) atoms. The number of halogens is 1. The summed E-state index contributed by atoms with van der Waals surface area (Å²) in [6.45, 7) is 5.61. The number of methoxy groups -OCH3 is 1. The van der Waals surface area contributed by atoms with E-state index in [1.807, 2.05) is 36.4 Å². The van der Waals surface area contributed by atoms with Gasteiger partial charge in [-0.25, -0.2) is 0 Å². The molecule has 0 fully saturated rings. The molecule has 6 heteroatoms. The smallest absolute Gasteiger partial charge is 0.307 e. The van der Waals surface area contributed by atoms with Gasteiger partial charge in [-0.05, 0) is 60.2 Å². The molecule has 0 saturated heterocycles. The third-order valence-corrected chi connectivity index (χ3v) is 6.77. The van der Waals surface area contributed by atoms with Crippen molar-refractivity contribution in [3.63, 3.8) is 0 Å². The van der Waals surface area contributed by atoms with Crippen LogP contribution in [-0.4, -0.2) is 32.1 Å². The Morgan fingerprint density at radius 2 is 1.51 bits per heavy atom. The molecule has 0 bridgehead atoms. The van der Waals surface area contributed by atoms with Crippen molar-refractivity contribution in [2.75, 3.05) is 20.3 Å². The summed E-state index contributed by atoms with van der Waals surface area (Å²) in [5.41, 5.74) is 5.27. The molecule has 0 aliphatic heterocycles. The summed E-state index contributed by atoms with van der Waals surface area (Å²) in [7, 11) is 1.33. The number of esters is 1. The van der Waals surface area contributed by atoms with Crippen LogP contribution in [0.1, 0.15) is 70.6 Å². The number of ether oxygens (including phenoxy) is 2. The lowest BCUT2D eigenvalue weighted by atomic mass is 9.79. The van der Waals surface area contributed by atoms with E-state index in [2.05, 4.69) is 60.3 Å². The van der Waals surface area contributed by atoms with Crippen molar-refractivity contribution in [2.24, 2.45) is 0 Å². The first-order chi connectivity index (χ1) is 17.9. The number of nitrogens with one attached hydrogen (secondary N) is 1. The molecule has 2 atom stereocenters. The van der Waals surface area contributed by atoms with E-state index in [-0.39, 0.29) is 36.7 Å². The van der Waals surface area contributed by atoms with Gasteiger partial charge >= 0.3 is 5.97 Å². The summed E-state index contributed by atoms with van der Waals surface area (Å²) in [6, 6.07) is 24.2. The third kappa shape index (κ3) is 8.73. The molecule has 0 aromatic heterocycles. The predicted molar refractivity (Wildman–Crippen MR) is 148 cm³/mol. The van der Waals surface area contributed by atoms with Crippen LogP contribution in [0.15, 0.2) is 72.8 Å². The Hall–Kier alpha value is -3.15. The van der Waals surface area contributed by atoms with Crippen LogP contribution in [0.4, 0.5) is 0 Å². The number of hydrogen-bond donors (Lipinski definition) is 1. The number of amides is 1. The predicted octanol–water partition coefficient (Wildman–Crippen LogP) is 6.83. The lowest BCUT2D eigenvalue weighted by Gasteiger charge is -2.28. The number of benzene rings is 3. The van der Waals surface area contributed by atoms with Crippen molar-refractivity contribution in [3.05, 3.63) is 106 Å². The van der Waals surface area contributed by atoms with Crippen molar-refractivity contribution in [1.82, 2.24) is 5.32 Å². The van der Waals surface area contributed by atoms with Crippen LogP contribution >= 0.6 is 11.6 Å². The fourth-order valence-electron chi connectivity index (χ4n) is 4.42. The number of carbonyl (C=O) groups excluding carboxylic acids is 2. The molecule has 0 aliphatic carbocycles. The first-order valence-corrected chi connectivity index (χ1v) is 13.1. The Labute approximate surface area is 225 Å². The highest BCUT2D eigenvalue weighted by Crippen LogP contribution is 2.37. The highest BCUT2D eigenvalue weighted by atomic mass is 35.5. The van der Waals surface area contributed by atoms with Gasteiger partial charge in [-0.1, -0.05) is 79.0 Å². The van der Waals surface area contributed by atoms with E-state index in [4.69, 9.17) is 16.3 Å². The summed E-state index contributed by atoms with van der Waals surface area (Å²) >= 11 is 6.19. The molecule has 3 aromatic rings. The Morgan fingerprint density at radius 1 is 0.892 bits per heavy atom. The molecule has 3 rings (SSSR count). The second-order valence-corrected chi connectivity index (χ2v) is 9.69. The molecule has 2 unspecified atom stereocenters. The van der Waals surface area contributed by atoms with Crippen LogP contribution < -0.4 is 5.32 Å². The van der Waals surface area contributed by atoms with E-state index in [1.54, 1.807) is 0 Å². The monoisotopic (exact) mass is 521 g/mol. The Balaban J connectivity index is 1.76. The minimum Gasteiger partial charge on any atom is -0.469 e. The lowest BCUT2D eigenvalue weighted by molar-refractivity contribution is -0.140. The minimum atomic E-state index is -0.351. The van der Waals surface area contributed by atoms with Gasteiger partial charge in [0.15, 0.2) is 0 Å². The Morgan fingerprint density at radius 3 is 2.14 bits per heavy atom. The maximum atomic E-state index is 12.5. The molecule has 0 radical (unpaired) electrons. The van der Waals surface area contributed by atoms with Gasteiger partial charge in [0, 0.05) is 23.0 Å². The lowest BCUT2D eigenvalue weighted by Crippen LogP contribution is -2.26. The van der Waals surface area contributed by atoms with Gasteiger partial charge in [0.1, 0.15) is 0 Å². The zero-order valence-electron chi connectivity index (χ0n) is 21.8. The Kier molecular flexibility index (Phi) is 11.2. The quantitative estimate of drug-likeness (QED) is 0.250. The fourth-order valence-corrected chi connectivity index (χ4v) is 4.54. The molecule has 0 aliphatic rings. The van der Waals surface area contributed by atoms with E-state index >= 15 is 0 Å². The summed E-state index contributed by atoms with van der Waals surface area (Å²) in [4.78, 5) is 23.8. The average molecular weight is 522 g/mol. The molecular formula is C31H36ClNO4. The number of hydrogen-bond acceptors (Lipinski definition) is 4. The van der Waals surface area contributed by atoms with Gasteiger partial charge in [0.25, 0.3) is 5.91 Å². The molecule has 0 saturated carbocycles. The molecule has 3 aromatic carbocycles. The van der Waals surface area contributed by atoms with Crippen molar-refractivity contribution in [1.29, 1.82) is 0 Å². The first-order valence-electron chi connectivity index (χ1n) is 12.7. The maximum absolute atomic E-state index is 12.5. The van der Waals surface area contributed by atoms with E-state index in [1.165, 1.54) is 18.2 Å². The van der Waals surface area contributed by atoms with Crippen LogP contribution in [0.25, 0.3) is 0 Å². The van der Waals surface area contributed by atoms with Crippen molar-refractivity contribution >= 4 is 23.5 Å². The highest BCUT2D eigenvalue weighted by Gasteiger charge is 2.25. The van der Waals surface area contributed by atoms with E-state index in [0.717, 1.165) is 24.0 Å². The van der Waals surface area contributed by atoms with E-state index in [0.29, 0.717) is 23.8 Å². The van der Waals surface area contributed by atoms with E-state index < -0.39 is 0 Å². The van der Waals surface area contributed by atoms with Gasteiger partial charge in [-0.2, -0.15) is 0 Å². The zero-order chi connectivity index (χ0) is 26.6. The third-order valence-electron chi connectivity index (χ3n) is 6.51. The minimum absolute atomic E-state index is 0.127. The van der Waals surface area contributed by atoms with Crippen molar-refractivity contribution in [2.45, 2.75) is 51.6 Å². The number of rotatable bonds is 13. The molecule has 196 valence electrons. The second kappa shape index (κ2) is 14.6. The topological polar surface area (TPSA) is 64.6 Å². The van der Waals surface area contributed by atoms with Crippen molar-refractivity contribution in [3.8, 4) is 0 Å². The van der Waals surface area contributed by atoms with Crippen LogP contribution in [0.2, 0.25) is 5.02 Å². The van der Waals surface area contributed by atoms with Crippen LogP contribution in [-0.2, 0) is 20.9 Å². The maximum Gasteiger partial charge on any atom is 0.307 e. The van der Waals surface area contributed by atoms with Gasteiger partial charge in [-0.15, -0.1) is 0 Å². The van der Waals surface area contributed by atoms with Gasteiger partial charge in [0.2, 0.25) is 0 Å².